The highest BCUT2D eigenvalue weighted by atomic mass is 32.1. The van der Waals surface area contributed by atoms with E-state index in [4.69, 9.17) is 4.74 Å². The second-order valence-electron chi connectivity index (χ2n) is 5.48. The number of thiophene rings is 1. The number of aryl methyl sites for hydroxylation is 1. The first-order valence-electron chi connectivity index (χ1n) is 7.32. The third-order valence-corrected chi connectivity index (χ3v) is 4.63. The zero-order valence-electron chi connectivity index (χ0n) is 12.7. The van der Waals surface area contributed by atoms with Gasteiger partial charge in [0.15, 0.2) is 5.96 Å². The Morgan fingerprint density at radius 1 is 1.50 bits per heavy atom. The molecule has 1 unspecified atom stereocenters. The van der Waals surface area contributed by atoms with Crippen LogP contribution in [0.2, 0.25) is 0 Å². The highest BCUT2D eigenvalue weighted by Crippen LogP contribution is 2.23. The summed E-state index contributed by atoms with van der Waals surface area (Å²) in [6, 6.07) is 2.14. The second-order valence-corrected chi connectivity index (χ2v) is 6.48. The van der Waals surface area contributed by atoms with Crippen LogP contribution in [-0.4, -0.2) is 31.3 Å². The van der Waals surface area contributed by atoms with Crippen LogP contribution in [-0.2, 0) is 11.3 Å². The number of hydrogen-bond donors (Lipinski definition) is 2. The minimum absolute atomic E-state index is 0.0466. The Balaban J connectivity index is 1.90. The molecule has 0 amide bonds. The van der Waals surface area contributed by atoms with E-state index in [0.717, 1.165) is 45.0 Å². The molecule has 0 saturated carbocycles. The molecule has 20 heavy (non-hydrogen) atoms. The lowest BCUT2D eigenvalue weighted by atomic mass is 10.0. The SMILES string of the molecule is CCNC(=NCc1sccc1C)NCC1(C)CCCO1. The standard InChI is InChI=1S/C15H25N3OS/c1-4-16-14(17-10-13-12(2)6-9-20-13)18-11-15(3)7-5-8-19-15/h6,9H,4-5,7-8,10-11H2,1-3H3,(H2,16,17,18). The Morgan fingerprint density at radius 2 is 2.35 bits per heavy atom. The van der Waals surface area contributed by atoms with Crippen LogP contribution in [0.4, 0.5) is 0 Å². The lowest BCUT2D eigenvalue weighted by Gasteiger charge is -2.24. The zero-order chi connectivity index (χ0) is 14.4. The van der Waals surface area contributed by atoms with E-state index in [1.54, 1.807) is 11.3 Å². The molecule has 0 spiro atoms. The highest BCUT2D eigenvalue weighted by molar-refractivity contribution is 7.10. The molecule has 0 aromatic carbocycles. The molecule has 1 saturated heterocycles. The maximum absolute atomic E-state index is 5.80. The van der Waals surface area contributed by atoms with Gasteiger partial charge in [-0.2, -0.15) is 0 Å². The van der Waals surface area contributed by atoms with Gasteiger partial charge in [0.05, 0.1) is 12.1 Å². The lowest BCUT2D eigenvalue weighted by Crippen LogP contribution is -2.45. The molecule has 1 aromatic rings. The summed E-state index contributed by atoms with van der Waals surface area (Å²) in [6.45, 7) is 9.67. The van der Waals surface area contributed by atoms with Gasteiger partial charge in [-0.3, -0.25) is 0 Å². The fourth-order valence-corrected chi connectivity index (χ4v) is 3.14. The summed E-state index contributed by atoms with van der Waals surface area (Å²) < 4.78 is 5.80. The van der Waals surface area contributed by atoms with Gasteiger partial charge >= 0.3 is 0 Å². The number of nitrogens with one attached hydrogen (secondary N) is 2. The minimum atomic E-state index is -0.0466. The summed E-state index contributed by atoms with van der Waals surface area (Å²) in [4.78, 5) is 5.98. The second kappa shape index (κ2) is 7.09. The van der Waals surface area contributed by atoms with Crippen LogP contribution in [0.1, 0.15) is 37.1 Å². The number of guanidine groups is 1. The van der Waals surface area contributed by atoms with Crippen LogP contribution in [0, 0.1) is 6.92 Å². The lowest BCUT2D eigenvalue weighted by molar-refractivity contribution is 0.0243. The van der Waals surface area contributed by atoms with Gasteiger partial charge in [-0.1, -0.05) is 0 Å². The number of aliphatic imine (C=N–C) groups is 1. The summed E-state index contributed by atoms with van der Waals surface area (Å²) in [5.41, 5.74) is 1.27. The Morgan fingerprint density at radius 3 is 2.95 bits per heavy atom. The van der Waals surface area contributed by atoms with E-state index in [-0.39, 0.29) is 5.60 Å². The van der Waals surface area contributed by atoms with Crippen molar-refractivity contribution in [2.45, 2.75) is 45.8 Å². The van der Waals surface area contributed by atoms with Crippen LogP contribution in [0.5, 0.6) is 0 Å². The van der Waals surface area contributed by atoms with Crippen molar-refractivity contribution in [3.05, 3.63) is 21.9 Å². The zero-order valence-corrected chi connectivity index (χ0v) is 13.5. The molecule has 2 heterocycles. The van der Waals surface area contributed by atoms with Crippen molar-refractivity contribution in [2.75, 3.05) is 19.7 Å². The van der Waals surface area contributed by atoms with Gasteiger partial charge in [0.25, 0.3) is 0 Å². The van der Waals surface area contributed by atoms with E-state index in [9.17, 15) is 0 Å². The molecule has 0 radical (unpaired) electrons. The Bertz CT molecular complexity index is 450. The molecular weight excluding hydrogens is 270 g/mol. The molecule has 1 aromatic heterocycles. The fraction of sp³-hybridized carbons (Fsp3) is 0.667. The predicted molar refractivity (Wildman–Crippen MR) is 85.5 cm³/mol. The van der Waals surface area contributed by atoms with Crippen molar-refractivity contribution in [2.24, 2.45) is 4.99 Å². The van der Waals surface area contributed by atoms with E-state index >= 15 is 0 Å². The molecule has 1 aliphatic rings. The van der Waals surface area contributed by atoms with Gasteiger partial charge in [-0.15, -0.1) is 11.3 Å². The molecule has 1 fully saturated rings. The first kappa shape index (κ1) is 15.3. The summed E-state index contributed by atoms with van der Waals surface area (Å²) in [6.07, 6.45) is 2.27. The summed E-state index contributed by atoms with van der Waals surface area (Å²) >= 11 is 1.76. The van der Waals surface area contributed by atoms with Crippen LogP contribution < -0.4 is 10.6 Å². The van der Waals surface area contributed by atoms with Crippen molar-refractivity contribution < 1.29 is 4.74 Å². The average Bonchev–Trinajstić information content (AvgIpc) is 3.03. The smallest absolute Gasteiger partial charge is 0.191 e. The first-order chi connectivity index (χ1) is 9.63. The van der Waals surface area contributed by atoms with Gasteiger partial charge in [-0.25, -0.2) is 4.99 Å². The fourth-order valence-electron chi connectivity index (χ4n) is 2.31. The van der Waals surface area contributed by atoms with Crippen LogP contribution in [0.15, 0.2) is 16.4 Å². The maximum Gasteiger partial charge on any atom is 0.191 e. The minimum Gasteiger partial charge on any atom is -0.373 e. The molecule has 5 heteroatoms. The highest BCUT2D eigenvalue weighted by Gasteiger charge is 2.29. The molecule has 2 N–H and O–H groups in total. The predicted octanol–water partition coefficient (Wildman–Crippen LogP) is 2.68. The van der Waals surface area contributed by atoms with Crippen molar-refractivity contribution in [1.29, 1.82) is 0 Å². The quantitative estimate of drug-likeness (QED) is 0.648. The molecule has 2 rings (SSSR count). The van der Waals surface area contributed by atoms with E-state index in [1.165, 1.54) is 10.4 Å². The molecule has 1 aliphatic heterocycles. The van der Waals surface area contributed by atoms with Crippen molar-refractivity contribution >= 4 is 17.3 Å². The van der Waals surface area contributed by atoms with Crippen LogP contribution in [0.3, 0.4) is 0 Å². The van der Waals surface area contributed by atoms with E-state index in [2.05, 4.69) is 47.8 Å². The third kappa shape index (κ3) is 4.21. The number of rotatable bonds is 5. The third-order valence-electron chi connectivity index (χ3n) is 3.62. The van der Waals surface area contributed by atoms with Gasteiger partial charge in [-0.05, 0) is 50.6 Å². The normalized spacial score (nSPS) is 23.1. The maximum atomic E-state index is 5.80. The van der Waals surface area contributed by atoms with Gasteiger partial charge in [0.1, 0.15) is 0 Å². The molecule has 0 aliphatic carbocycles. The van der Waals surface area contributed by atoms with Crippen LogP contribution >= 0.6 is 11.3 Å². The molecule has 112 valence electrons. The van der Waals surface area contributed by atoms with Crippen LogP contribution in [0.25, 0.3) is 0 Å². The van der Waals surface area contributed by atoms with E-state index in [0.29, 0.717) is 0 Å². The van der Waals surface area contributed by atoms with Crippen molar-refractivity contribution in [3.8, 4) is 0 Å². The van der Waals surface area contributed by atoms with Crippen molar-refractivity contribution in [1.82, 2.24) is 10.6 Å². The average molecular weight is 295 g/mol. The number of nitrogens with zero attached hydrogens (tertiary/aromatic N) is 1. The molecule has 4 nitrogen and oxygen atoms in total. The van der Waals surface area contributed by atoms with Crippen molar-refractivity contribution in [3.63, 3.8) is 0 Å². The molecule has 1 atom stereocenters. The van der Waals surface area contributed by atoms with E-state index < -0.39 is 0 Å². The molecule has 0 bridgehead atoms. The molecular formula is C15H25N3OS. The summed E-state index contributed by atoms with van der Waals surface area (Å²) in [5, 5.41) is 8.82. The Labute approximate surface area is 125 Å². The number of ether oxygens (including phenoxy) is 1. The first-order valence-corrected chi connectivity index (χ1v) is 8.20. The van der Waals surface area contributed by atoms with Gasteiger partial charge in [0, 0.05) is 24.6 Å². The van der Waals surface area contributed by atoms with Gasteiger partial charge < -0.3 is 15.4 Å². The summed E-state index contributed by atoms with van der Waals surface area (Å²) in [5.74, 6) is 0.872. The monoisotopic (exact) mass is 295 g/mol. The Kier molecular flexibility index (Phi) is 5.43. The number of hydrogen-bond acceptors (Lipinski definition) is 3. The largest absolute Gasteiger partial charge is 0.373 e. The van der Waals surface area contributed by atoms with E-state index in [1.807, 2.05) is 0 Å². The summed E-state index contributed by atoms with van der Waals surface area (Å²) in [7, 11) is 0. The van der Waals surface area contributed by atoms with Gasteiger partial charge in [0.2, 0.25) is 0 Å². The topological polar surface area (TPSA) is 45.7 Å². The Hall–Kier alpha value is -1.07.